The van der Waals surface area contributed by atoms with E-state index in [4.69, 9.17) is 9.47 Å². The van der Waals surface area contributed by atoms with Crippen molar-refractivity contribution in [2.24, 2.45) is 0 Å². The normalized spacial score (nSPS) is 12.3. The average molecular weight is 405 g/mol. The second-order valence-electron chi connectivity index (χ2n) is 6.36. The first kappa shape index (κ1) is 17.5. The first-order valence-corrected chi connectivity index (χ1v) is 9.64. The molecule has 1 amide bonds. The van der Waals surface area contributed by atoms with Crippen LogP contribution in [0, 0.1) is 6.92 Å². The van der Waals surface area contributed by atoms with Crippen molar-refractivity contribution in [3.05, 3.63) is 66.1 Å². The fourth-order valence-electron chi connectivity index (χ4n) is 2.94. The number of aryl methyl sites for hydroxylation is 1. The number of aromatic nitrogens is 4. The zero-order chi connectivity index (χ0) is 19.8. The van der Waals surface area contributed by atoms with E-state index in [1.165, 1.54) is 6.33 Å². The summed E-state index contributed by atoms with van der Waals surface area (Å²) in [6.45, 7) is 2.10. The van der Waals surface area contributed by atoms with Crippen LogP contribution in [0.3, 0.4) is 0 Å². The van der Waals surface area contributed by atoms with Crippen molar-refractivity contribution in [2.75, 3.05) is 12.1 Å². The summed E-state index contributed by atoms with van der Waals surface area (Å²) in [6.07, 6.45) is 1.49. The summed E-state index contributed by atoms with van der Waals surface area (Å²) in [5.41, 5.74) is 2.09. The predicted octanol–water partition coefficient (Wildman–Crippen LogP) is 3.56. The molecule has 5 rings (SSSR count). The molecule has 2 aromatic heterocycles. The standard InChI is InChI=1S/C20H15N5O3S/c1-12-8-18(25-20(23-12)21-10-22-25)29-15-5-3-14(4-6-15)24-19(26)13-2-7-16-17(9-13)28-11-27-16/h2-10H,11H2,1H3,(H,24,26). The maximum Gasteiger partial charge on any atom is 0.255 e. The highest BCUT2D eigenvalue weighted by Gasteiger charge is 2.16. The Bertz CT molecular complexity index is 1220. The lowest BCUT2D eigenvalue weighted by Gasteiger charge is -2.08. The smallest absolute Gasteiger partial charge is 0.255 e. The maximum atomic E-state index is 12.5. The highest BCUT2D eigenvalue weighted by Crippen LogP contribution is 2.33. The van der Waals surface area contributed by atoms with E-state index < -0.39 is 0 Å². The third-order valence-electron chi connectivity index (χ3n) is 4.32. The van der Waals surface area contributed by atoms with E-state index in [1.807, 2.05) is 37.3 Å². The molecule has 0 fully saturated rings. The van der Waals surface area contributed by atoms with E-state index in [0.717, 1.165) is 15.6 Å². The van der Waals surface area contributed by atoms with Crippen LogP contribution < -0.4 is 14.8 Å². The number of benzene rings is 2. The lowest BCUT2D eigenvalue weighted by Crippen LogP contribution is -2.11. The zero-order valence-corrected chi connectivity index (χ0v) is 16.1. The fraction of sp³-hybridized carbons (Fsp3) is 0.100. The maximum absolute atomic E-state index is 12.5. The van der Waals surface area contributed by atoms with Crippen LogP contribution in [-0.2, 0) is 0 Å². The molecule has 8 nitrogen and oxygen atoms in total. The molecule has 0 bridgehead atoms. The van der Waals surface area contributed by atoms with Gasteiger partial charge in [-0.1, -0.05) is 11.8 Å². The van der Waals surface area contributed by atoms with Gasteiger partial charge in [0.15, 0.2) is 11.5 Å². The van der Waals surface area contributed by atoms with Gasteiger partial charge in [-0.15, -0.1) is 0 Å². The fourth-order valence-corrected chi connectivity index (χ4v) is 3.90. The minimum Gasteiger partial charge on any atom is -0.454 e. The molecule has 144 valence electrons. The molecular weight excluding hydrogens is 390 g/mol. The molecule has 0 unspecified atom stereocenters. The van der Waals surface area contributed by atoms with Gasteiger partial charge in [0.05, 0.1) is 0 Å². The highest BCUT2D eigenvalue weighted by atomic mass is 32.2. The van der Waals surface area contributed by atoms with Crippen molar-refractivity contribution in [3.8, 4) is 11.5 Å². The average Bonchev–Trinajstić information content (AvgIpc) is 3.37. The van der Waals surface area contributed by atoms with Crippen molar-refractivity contribution in [2.45, 2.75) is 16.8 Å². The Morgan fingerprint density at radius 3 is 2.79 bits per heavy atom. The molecule has 0 saturated heterocycles. The number of carbonyl (C=O) groups is 1. The van der Waals surface area contributed by atoms with Crippen molar-refractivity contribution in [1.82, 2.24) is 19.6 Å². The van der Waals surface area contributed by atoms with Crippen LogP contribution in [-0.4, -0.2) is 32.3 Å². The number of nitrogens with zero attached hydrogens (tertiary/aromatic N) is 4. The van der Waals surface area contributed by atoms with Gasteiger partial charge >= 0.3 is 0 Å². The van der Waals surface area contributed by atoms with Crippen LogP contribution >= 0.6 is 11.8 Å². The van der Waals surface area contributed by atoms with Crippen LogP contribution in [0.15, 0.2) is 64.8 Å². The van der Waals surface area contributed by atoms with Crippen LogP contribution in [0.1, 0.15) is 16.1 Å². The Morgan fingerprint density at radius 1 is 1.10 bits per heavy atom. The Hall–Kier alpha value is -3.59. The molecule has 3 heterocycles. The number of hydrogen-bond acceptors (Lipinski definition) is 7. The number of ether oxygens (including phenoxy) is 2. The van der Waals surface area contributed by atoms with Gasteiger partial charge in [-0.3, -0.25) is 4.79 Å². The molecule has 9 heteroatoms. The summed E-state index contributed by atoms with van der Waals surface area (Å²) in [4.78, 5) is 22.0. The number of rotatable bonds is 4. The minimum atomic E-state index is -0.210. The van der Waals surface area contributed by atoms with E-state index in [1.54, 1.807) is 34.5 Å². The van der Waals surface area contributed by atoms with Crippen LogP contribution in [0.2, 0.25) is 0 Å². The van der Waals surface area contributed by atoms with Gasteiger partial charge in [0.25, 0.3) is 11.7 Å². The zero-order valence-electron chi connectivity index (χ0n) is 15.3. The lowest BCUT2D eigenvalue weighted by atomic mass is 10.2. The van der Waals surface area contributed by atoms with E-state index in [0.29, 0.717) is 28.5 Å². The van der Waals surface area contributed by atoms with Gasteiger partial charge in [0, 0.05) is 21.8 Å². The molecule has 0 spiro atoms. The molecule has 1 aliphatic rings. The van der Waals surface area contributed by atoms with Crippen LogP contribution in [0.25, 0.3) is 5.78 Å². The molecular formula is C20H15N5O3S. The van der Waals surface area contributed by atoms with Crippen molar-refractivity contribution < 1.29 is 14.3 Å². The molecule has 1 aliphatic heterocycles. The summed E-state index contributed by atoms with van der Waals surface area (Å²) < 4.78 is 12.3. The van der Waals surface area contributed by atoms with Gasteiger partial charge < -0.3 is 14.8 Å². The third kappa shape index (κ3) is 3.47. The van der Waals surface area contributed by atoms with E-state index in [-0.39, 0.29) is 12.7 Å². The Morgan fingerprint density at radius 2 is 1.93 bits per heavy atom. The molecule has 0 aliphatic carbocycles. The highest BCUT2D eigenvalue weighted by molar-refractivity contribution is 7.99. The molecule has 1 N–H and O–H groups in total. The van der Waals surface area contributed by atoms with E-state index in [2.05, 4.69) is 20.4 Å². The molecule has 2 aromatic carbocycles. The molecule has 0 atom stereocenters. The number of carbonyl (C=O) groups excluding carboxylic acids is 1. The molecule has 4 aromatic rings. The first-order valence-electron chi connectivity index (χ1n) is 8.82. The van der Waals surface area contributed by atoms with Gasteiger partial charge in [-0.05, 0) is 55.5 Å². The van der Waals surface area contributed by atoms with Crippen molar-refractivity contribution >= 4 is 29.1 Å². The summed E-state index contributed by atoms with van der Waals surface area (Å²) in [7, 11) is 0. The molecule has 29 heavy (non-hydrogen) atoms. The minimum absolute atomic E-state index is 0.178. The number of fused-ring (bicyclic) bond motifs is 2. The number of amides is 1. The Balaban J connectivity index is 1.31. The SMILES string of the molecule is Cc1cc(Sc2ccc(NC(=O)c3ccc4c(c3)OCO4)cc2)n2ncnc2n1. The first-order chi connectivity index (χ1) is 14.2. The number of nitrogens with one attached hydrogen (secondary N) is 1. The lowest BCUT2D eigenvalue weighted by molar-refractivity contribution is 0.102. The Kier molecular flexibility index (Phi) is 4.28. The van der Waals surface area contributed by atoms with Gasteiger partial charge in [-0.25, -0.2) is 4.98 Å². The predicted molar refractivity (Wildman–Crippen MR) is 107 cm³/mol. The second kappa shape index (κ2) is 7.10. The van der Waals surface area contributed by atoms with Crippen molar-refractivity contribution in [1.29, 1.82) is 0 Å². The third-order valence-corrected chi connectivity index (χ3v) is 5.32. The monoisotopic (exact) mass is 405 g/mol. The topological polar surface area (TPSA) is 90.6 Å². The second-order valence-corrected chi connectivity index (χ2v) is 7.45. The Labute approximate surface area is 169 Å². The van der Waals surface area contributed by atoms with Gasteiger partial charge in [0.2, 0.25) is 6.79 Å². The quantitative estimate of drug-likeness (QED) is 0.519. The van der Waals surface area contributed by atoms with Crippen molar-refractivity contribution in [3.63, 3.8) is 0 Å². The summed E-state index contributed by atoms with van der Waals surface area (Å²) in [5.74, 6) is 1.59. The summed E-state index contributed by atoms with van der Waals surface area (Å²) in [6, 6.07) is 14.7. The molecule has 0 saturated carbocycles. The van der Waals surface area contributed by atoms with Crippen LogP contribution in [0.4, 0.5) is 5.69 Å². The van der Waals surface area contributed by atoms with Gasteiger partial charge in [-0.2, -0.15) is 14.6 Å². The molecule has 0 radical (unpaired) electrons. The van der Waals surface area contributed by atoms with E-state index in [9.17, 15) is 4.79 Å². The summed E-state index contributed by atoms with van der Waals surface area (Å²) >= 11 is 1.55. The van der Waals surface area contributed by atoms with E-state index >= 15 is 0 Å². The largest absolute Gasteiger partial charge is 0.454 e. The number of anilines is 1. The number of hydrogen-bond donors (Lipinski definition) is 1. The summed E-state index contributed by atoms with van der Waals surface area (Å²) in [5, 5.41) is 8.03. The van der Waals surface area contributed by atoms with Crippen LogP contribution in [0.5, 0.6) is 11.5 Å². The van der Waals surface area contributed by atoms with Gasteiger partial charge in [0.1, 0.15) is 11.4 Å².